The number of nitrogens with zero attached hydrogens (tertiary/aromatic N) is 3. The van der Waals surface area contributed by atoms with Gasteiger partial charge in [-0.2, -0.15) is 0 Å². The molecule has 2 aromatic carbocycles. The summed E-state index contributed by atoms with van der Waals surface area (Å²) < 4.78 is 43.1. The molecular weight excluding hydrogens is 603 g/mol. The second-order valence-corrected chi connectivity index (χ2v) is 11.2. The van der Waals surface area contributed by atoms with E-state index in [0.717, 1.165) is 35.9 Å². The zero-order valence-electron chi connectivity index (χ0n) is 24.7. The van der Waals surface area contributed by atoms with Gasteiger partial charge in [-0.25, -0.2) is 22.9 Å². The van der Waals surface area contributed by atoms with Crippen molar-refractivity contribution in [1.82, 2.24) is 9.97 Å². The Labute approximate surface area is 262 Å². The van der Waals surface area contributed by atoms with Crippen molar-refractivity contribution in [3.05, 3.63) is 107 Å². The van der Waals surface area contributed by atoms with E-state index in [2.05, 4.69) is 15.3 Å². The van der Waals surface area contributed by atoms with Crippen LogP contribution in [0.5, 0.6) is 0 Å². The highest BCUT2D eigenvalue weighted by Crippen LogP contribution is 2.41. The third kappa shape index (κ3) is 6.71. The van der Waals surface area contributed by atoms with Crippen molar-refractivity contribution >= 4 is 23.3 Å². The first kappa shape index (κ1) is 32.5. The number of fused-ring (bicyclic) bond motifs is 1. The molecule has 1 aliphatic heterocycles. The Morgan fingerprint density at radius 3 is 2.28 bits per heavy atom. The number of pyridine rings is 2. The molecule has 1 fully saturated rings. The first-order valence-corrected chi connectivity index (χ1v) is 14.5. The highest BCUT2D eigenvalue weighted by atomic mass is 19.1. The van der Waals surface area contributed by atoms with E-state index in [1.165, 1.54) is 6.20 Å². The summed E-state index contributed by atoms with van der Waals surface area (Å²) in [6, 6.07) is 12.9. The van der Waals surface area contributed by atoms with E-state index in [1.54, 1.807) is 30.3 Å². The number of benzene rings is 2. The summed E-state index contributed by atoms with van der Waals surface area (Å²) >= 11 is 0. The summed E-state index contributed by atoms with van der Waals surface area (Å²) in [5.41, 5.74) is 7.18. The van der Waals surface area contributed by atoms with Crippen LogP contribution in [-0.2, 0) is 6.42 Å². The van der Waals surface area contributed by atoms with Crippen LogP contribution in [0.1, 0.15) is 51.6 Å². The van der Waals surface area contributed by atoms with Crippen LogP contribution >= 0.6 is 0 Å². The Morgan fingerprint density at radius 2 is 1.65 bits per heavy atom. The maximum atomic E-state index is 14.5. The largest absolute Gasteiger partial charge is 0.478 e. The topological polar surface area (TPSA) is 162 Å². The number of aliphatic hydroxyl groups is 2. The zero-order chi connectivity index (χ0) is 33.1. The lowest BCUT2D eigenvalue weighted by Crippen LogP contribution is -2.56. The quantitative estimate of drug-likeness (QED) is 0.215. The SMILES string of the molecule is C[C@H]1CN(c2c(NC(=O)c3ccc(F)c(-c4c(F)cccc4F)n3)cnc3c2CC[C@H]3O)C[C@@H](N)[C@@H]1O.O=C(O)c1ccccc1. The summed E-state index contributed by atoms with van der Waals surface area (Å²) in [6.07, 6.45) is 0.994. The first-order valence-electron chi connectivity index (χ1n) is 14.5. The number of halogens is 3. The number of hydrogen-bond donors (Lipinski definition) is 5. The number of carboxylic acid groups (broad SMARTS) is 1. The summed E-state index contributed by atoms with van der Waals surface area (Å²) in [5, 5.41) is 31.8. The number of piperidine rings is 1. The van der Waals surface area contributed by atoms with E-state index in [4.69, 9.17) is 10.8 Å². The Bertz CT molecular complexity index is 1730. The van der Waals surface area contributed by atoms with Crippen LogP contribution in [0.4, 0.5) is 24.5 Å². The van der Waals surface area contributed by atoms with E-state index in [0.29, 0.717) is 48.6 Å². The average Bonchev–Trinajstić information content (AvgIpc) is 3.41. The number of rotatable bonds is 5. The number of amides is 1. The van der Waals surface area contributed by atoms with Crippen molar-refractivity contribution in [2.24, 2.45) is 11.7 Å². The van der Waals surface area contributed by atoms with Crippen molar-refractivity contribution in [3.8, 4) is 11.3 Å². The third-order valence-electron chi connectivity index (χ3n) is 7.99. The lowest BCUT2D eigenvalue weighted by atomic mass is 9.92. The Balaban J connectivity index is 0.000000400. The Kier molecular flexibility index (Phi) is 9.65. The first-order chi connectivity index (χ1) is 22.0. The van der Waals surface area contributed by atoms with Crippen molar-refractivity contribution in [3.63, 3.8) is 0 Å². The van der Waals surface area contributed by atoms with Crippen LogP contribution < -0.4 is 16.0 Å². The molecule has 46 heavy (non-hydrogen) atoms. The molecule has 6 N–H and O–H groups in total. The average molecular weight is 636 g/mol. The van der Waals surface area contributed by atoms with Crippen LogP contribution in [0, 0.1) is 23.4 Å². The fourth-order valence-corrected chi connectivity index (χ4v) is 5.69. The number of aliphatic hydroxyl groups excluding tert-OH is 2. The molecule has 1 amide bonds. The van der Waals surface area contributed by atoms with Crippen molar-refractivity contribution in [2.75, 3.05) is 23.3 Å². The number of carboxylic acids is 1. The molecule has 0 radical (unpaired) electrons. The van der Waals surface area contributed by atoms with E-state index >= 15 is 0 Å². The van der Waals surface area contributed by atoms with Crippen LogP contribution in [-0.4, -0.2) is 62.4 Å². The van der Waals surface area contributed by atoms with Gasteiger partial charge in [-0.15, -0.1) is 0 Å². The fraction of sp³-hybridized carbons (Fsp3) is 0.273. The maximum Gasteiger partial charge on any atom is 0.335 e. The fourth-order valence-electron chi connectivity index (χ4n) is 5.69. The molecule has 13 heteroatoms. The number of anilines is 2. The molecule has 2 aliphatic rings. The van der Waals surface area contributed by atoms with Gasteiger partial charge >= 0.3 is 5.97 Å². The second kappa shape index (κ2) is 13.6. The molecule has 6 rings (SSSR count). The number of carbonyl (C=O) groups excluding carboxylic acids is 1. The van der Waals surface area contributed by atoms with Gasteiger partial charge in [0.15, 0.2) is 0 Å². The lowest BCUT2D eigenvalue weighted by molar-refractivity contribution is 0.0696. The number of aromatic carboxylic acids is 1. The van der Waals surface area contributed by atoms with Gasteiger partial charge in [0.2, 0.25) is 0 Å². The number of aromatic nitrogens is 2. The second-order valence-electron chi connectivity index (χ2n) is 11.2. The van der Waals surface area contributed by atoms with Crippen LogP contribution in [0.2, 0.25) is 0 Å². The lowest BCUT2D eigenvalue weighted by Gasteiger charge is -2.41. The Morgan fingerprint density at radius 1 is 0.957 bits per heavy atom. The normalized spacial score (nSPS) is 20.4. The maximum absolute atomic E-state index is 14.5. The van der Waals surface area contributed by atoms with Crippen molar-refractivity contribution in [2.45, 2.75) is 38.0 Å². The summed E-state index contributed by atoms with van der Waals surface area (Å²) in [4.78, 5) is 33.6. The monoisotopic (exact) mass is 635 g/mol. The summed E-state index contributed by atoms with van der Waals surface area (Å²) in [6.45, 7) is 2.64. The zero-order valence-corrected chi connectivity index (χ0v) is 24.7. The molecule has 1 aliphatic carbocycles. The van der Waals surface area contributed by atoms with Crippen LogP contribution in [0.15, 0.2) is 66.9 Å². The minimum absolute atomic E-state index is 0.153. The third-order valence-corrected chi connectivity index (χ3v) is 7.99. The standard InChI is InChI=1S/C26H26F3N5O3.C7H6O2/c1-12-10-34(11-17(30)25(12)36)24-13-5-8-20(35)22(13)31-9-19(24)33-26(37)18-7-6-16(29)23(32-18)21-14(27)3-2-4-15(21)28;8-7(9)6-4-2-1-3-5-6/h2-4,6-7,9,12,17,20,25,35-36H,5,8,10-11,30H2,1H3,(H,33,37);1-5H,(H,8,9)/t12-,17+,20+,25+;/m0./s1. The molecule has 10 nitrogen and oxygen atoms in total. The number of nitrogens with two attached hydrogens (primary N) is 1. The van der Waals surface area contributed by atoms with Gasteiger partial charge in [0.05, 0.1) is 46.6 Å². The van der Waals surface area contributed by atoms with E-state index in [-0.39, 0.29) is 11.6 Å². The van der Waals surface area contributed by atoms with Gasteiger partial charge in [0.1, 0.15) is 28.8 Å². The smallest absolute Gasteiger partial charge is 0.335 e. The molecule has 0 spiro atoms. The molecule has 4 aromatic rings. The van der Waals surface area contributed by atoms with Gasteiger partial charge in [-0.3, -0.25) is 9.78 Å². The van der Waals surface area contributed by atoms with E-state index in [1.807, 2.05) is 11.8 Å². The van der Waals surface area contributed by atoms with Crippen molar-refractivity contribution in [1.29, 1.82) is 0 Å². The predicted octanol–water partition coefficient (Wildman–Crippen LogP) is 4.32. The molecule has 0 saturated carbocycles. The van der Waals surface area contributed by atoms with Gasteiger partial charge in [-0.05, 0) is 49.2 Å². The molecule has 2 aromatic heterocycles. The van der Waals surface area contributed by atoms with Crippen LogP contribution in [0.3, 0.4) is 0 Å². The minimum Gasteiger partial charge on any atom is -0.478 e. The van der Waals surface area contributed by atoms with Gasteiger partial charge in [0.25, 0.3) is 5.91 Å². The Hall–Kier alpha value is -4.85. The molecule has 0 bridgehead atoms. The van der Waals surface area contributed by atoms with E-state index in [9.17, 15) is 33.0 Å². The molecule has 3 heterocycles. The molecule has 1 saturated heterocycles. The number of carbonyl (C=O) groups is 2. The van der Waals surface area contributed by atoms with Crippen LogP contribution in [0.25, 0.3) is 11.3 Å². The van der Waals surface area contributed by atoms with Crippen molar-refractivity contribution < 1.29 is 38.1 Å². The van der Waals surface area contributed by atoms with Gasteiger partial charge in [0, 0.05) is 30.6 Å². The summed E-state index contributed by atoms with van der Waals surface area (Å²) in [7, 11) is 0. The summed E-state index contributed by atoms with van der Waals surface area (Å²) in [5.74, 6) is -4.77. The number of hydrogen-bond acceptors (Lipinski definition) is 8. The molecule has 0 unspecified atom stereocenters. The predicted molar refractivity (Wildman–Crippen MR) is 164 cm³/mol. The highest BCUT2D eigenvalue weighted by Gasteiger charge is 2.36. The van der Waals surface area contributed by atoms with Gasteiger partial charge < -0.3 is 31.3 Å². The minimum atomic E-state index is -1.01. The number of nitrogens with one attached hydrogen (secondary N) is 1. The molecule has 4 atom stereocenters. The van der Waals surface area contributed by atoms with E-state index < -0.39 is 58.8 Å². The molecular formula is C33H32F3N5O5. The van der Waals surface area contributed by atoms with Gasteiger partial charge in [-0.1, -0.05) is 31.2 Å². The highest BCUT2D eigenvalue weighted by molar-refractivity contribution is 6.05. The molecule has 240 valence electrons.